The summed E-state index contributed by atoms with van der Waals surface area (Å²) in [6.07, 6.45) is 5.87. The molecule has 9 heteroatoms. The Bertz CT molecular complexity index is 917. The molecule has 5 rings (SSSR count). The van der Waals surface area contributed by atoms with E-state index in [2.05, 4.69) is 0 Å². The summed E-state index contributed by atoms with van der Waals surface area (Å²) in [6.45, 7) is 11.3. The topological polar surface area (TPSA) is 114 Å². The fraction of sp³-hybridized carbons (Fsp3) is 0.857. The van der Waals surface area contributed by atoms with E-state index in [9.17, 15) is 19.2 Å². The molecular formula is C28H42O9. The van der Waals surface area contributed by atoms with Gasteiger partial charge in [0.25, 0.3) is 0 Å². The zero-order valence-electron chi connectivity index (χ0n) is 23.0. The molecule has 1 aliphatic carbocycles. The number of fused-ring (bicyclic) bond motifs is 1. The SMILES string of the molecule is CCC(C)(C)C(=O)OC1C2CC3C(=O)OC1C3O2.CCC(C)(C)C(=O)OC1CC2(CCCCC2)OC1=O. The molecule has 0 amide bonds. The zero-order valence-corrected chi connectivity index (χ0v) is 23.0. The predicted octanol–water partition coefficient (Wildman–Crippen LogP) is 4.03. The van der Waals surface area contributed by atoms with Crippen LogP contribution >= 0.6 is 0 Å². The van der Waals surface area contributed by atoms with Crippen LogP contribution in [0.25, 0.3) is 0 Å². The van der Waals surface area contributed by atoms with Crippen LogP contribution in [-0.4, -0.2) is 60.0 Å². The Kier molecular flexibility index (Phi) is 7.68. The van der Waals surface area contributed by atoms with Gasteiger partial charge in [-0.25, -0.2) is 4.79 Å². The molecule has 6 unspecified atom stereocenters. The summed E-state index contributed by atoms with van der Waals surface area (Å²) in [4.78, 5) is 47.5. The Morgan fingerprint density at radius 1 is 0.892 bits per heavy atom. The minimum Gasteiger partial charge on any atom is -0.456 e. The summed E-state index contributed by atoms with van der Waals surface area (Å²) in [7, 11) is 0. The molecule has 0 N–H and O–H groups in total. The van der Waals surface area contributed by atoms with Gasteiger partial charge in [-0.15, -0.1) is 0 Å². The second kappa shape index (κ2) is 10.2. The van der Waals surface area contributed by atoms with Crippen molar-refractivity contribution in [3.8, 4) is 0 Å². The highest BCUT2D eigenvalue weighted by atomic mass is 16.7. The summed E-state index contributed by atoms with van der Waals surface area (Å²) in [5.74, 6) is -1.26. The average molecular weight is 523 g/mol. The fourth-order valence-electron chi connectivity index (χ4n) is 5.58. The minimum absolute atomic E-state index is 0.144. The van der Waals surface area contributed by atoms with Crippen LogP contribution in [0.5, 0.6) is 0 Å². The van der Waals surface area contributed by atoms with Gasteiger partial charge in [0.2, 0.25) is 6.10 Å². The van der Waals surface area contributed by atoms with Gasteiger partial charge in [0.15, 0.2) is 12.2 Å². The molecule has 0 aromatic rings. The van der Waals surface area contributed by atoms with E-state index in [0.717, 1.165) is 25.7 Å². The van der Waals surface area contributed by atoms with Gasteiger partial charge < -0.3 is 23.7 Å². The van der Waals surface area contributed by atoms with Gasteiger partial charge in [0.05, 0.1) is 22.9 Å². The van der Waals surface area contributed by atoms with Gasteiger partial charge in [-0.1, -0.05) is 20.3 Å². The molecule has 2 bridgehead atoms. The Morgan fingerprint density at radius 3 is 2.08 bits per heavy atom. The van der Waals surface area contributed by atoms with E-state index in [-0.39, 0.29) is 47.6 Å². The highest BCUT2D eigenvalue weighted by Crippen LogP contribution is 2.48. The first kappa shape index (κ1) is 27.9. The number of esters is 4. The first-order chi connectivity index (χ1) is 17.3. The highest BCUT2D eigenvalue weighted by molar-refractivity contribution is 5.83. The molecule has 5 aliphatic rings. The molecule has 6 atom stereocenters. The smallest absolute Gasteiger partial charge is 0.348 e. The first-order valence-corrected chi connectivity index (χ1v) is 13.8. The second-order valence-electron chi connectivity index (χ2n) is 12.5. The van der Waals surface area contributed by atoms with Crippen LogP contribution in [0.1, 0.15) is 99.3 Å². The van der Waals surface area contributed by atoms with E-state index in [1.54, 1.807) is 0 Å². The van der Waals surface area contributed by atoms with Crippen LogP contribution in [0.15, 0.2) is 0 Å². The van der Waals surface area contributed by atoms with Crippen molar-refractivity contribution in [1.29, 1.82) is 0 Å². The van der Waals surface area contributed by atoms with Crippen molar-refractivity contribution in [2.24, 2.45) is 16.7 Å². The van der Waals surface area contributed by atoms with Crippen molar-refractivity contribution >= 4 is 23.9 Å². The lowest BCUT2D eigenvalue weighted by atomic mass is 9.82. The molecule has 9 nitrogen and oxygen atoms in total. The molecule has 1 saturated carbocycles. The quantitative estimate of drug-likeness (QED) is 0.377. The van der Waals surface area contributed by atoms with E-state index in [1.807, 2.05) is 41.5 Å². The Labute approximate surface area is 219 Å². The van der Waals surface area contributed by atoms with Crippen LogP contribution < -0.4 is 0 Å². The van der Waals surface area contributed by atoms with Crippen molar-refractivity contribution in [2.75, 3.05) is 0 Å². The monoisotopic (exact) mass is 522 g/mol. The van der Waals surface area contributed by atoms with Crippen molar-refractivity contribution in [1.82, 2.24) is 0 Å². The maximum absolute atomic E-state index is 12.1. The number of ether oxygens (including phenoxy) is 5. The van der Waals surface area contributed by atoms with E-state index in [4.69, 9.17) is 23.7 Å². The molecule has 208 valence electrons. The minimum atomic E-state index is -0.698. The maximum Gasteiger partial charge on any atom is 0.348 e. The summed E-state index contributed by atoms with van der Waals surface area (Å²) in [5.41, 5.74) is -1.40. The predicted molar refractivity (Wildman–Crippen MR) is 131 cm³/mol. The molecule has 1 spiro atoms. The molecule has 37 heavy (non-hydrogen) atoms. The second-order valence-corrected chi connectivity index (χ2v) is 12.5. The van der Waals surface area contributed by atoms with E-state index < -0.39 is 29.1 Å². The van der Waals surface area contributed by atoms with Crippen LogP contribution in [0.4, 0.5) is 0 Å². The van der Waals surface area contributed by atoms with Gasteiger partial charge in [-0.2, -0.15) is 0 Å². The van der Waals surface area contributed by atoms with Gasteiger partial charge in [0.1, 0.15) is 11.7 Å². The van der Waals surface area contributed by atoms with Crippen molar-refractivity contribution in [3.63, 3.8) is 0 Å². The van der Waals surface area contributed by atoms with Crippen LogP contribution in [-0.2, 0) is 42.9 Å². The molecule has 5 fully saturated rings. The molecular weight excluding hydrogens is 480 g/mol. The Morgan fingerprint density at radius 2 is 1.49 bits per heavy atom. The molecule has 4 saturated heterocycles. The van der Waals surface area contributed by atoms with Crippen molar-refractivity contribution in [2.45, 2.75) is 135 Å². The number of rotatable bonds is 6. The maximum atomic E-state index is 12.1. The molecule has 4 aliphatic heterocycles. The third-order valence-corrected chi connectivity index (χ3v) is 9.05. The third-order valence-electron chi connectivity index (χ3n) is 9.05. The molecule has 0 aromatic carbocycles. The largest absolute Gasteiger partial charge is 0.456 e. The van der Waals surface area contributed by atoms with Gasteiger partial charge in [-0.3, -0.25) is 14.4 Å². The van der Waals surface area contributed by atoms with E-state index >= 15 is 0 Å². The lowest BCUT2D eigenvalue weighted by Gasteiger charge is -2.31. The standard InChI is InChI=1S/C15H24O4.C13H18O5/c1-4-14(2,3)13(17)18-11-10-15(19-12(11)16)8-6-5-7-9-15;1-4-13(2,3)12(15)18-9-7-5-6-8(16-7)10(9)17-11(6)14/h11H,4-10H2,1-3H3;6-10H,4-5H2,1-3H3. The van der Waals surface area contributed by atoms with Gasteiger partial charge >= 0.3 is 23.9 Å². The number of hydrogen-bond acceptors (Lipinski definition) is 9. The molecule has 0 radical (unpaired) electrons. The highest BCUT2D eigenvalue weighted by Gasteiger charge is 2.65. The normalized spacial score (nSPS) is 33.5. The third kappa shape index (κ3) is 5.38. The average Bonchev–Trinajstić information content (AvgIpc) is 3.56. The molecule has 4 heterocycles. The summed E-state index contributed by atoms with van der Waals surface area (Å²) < 4.78 is 27.4. The van der Waals surface area contributed by atoms with Crippen molar-refractivity contribution < 1.29 is 42.9 Å². The van der Waals surface area contributed by atoms with Crippen LogP contribution in [0.3, 0.4) is 0 Å². The zero-order chi connectivity index (χ0) is 27.2. The summed E-state index contributed by atoms with van der Waals surface area (Å²) in [5, 5.41) is 0. The lowest BCUT2D eigenvalue weighted by Crippen LogP contribution is -2.42. The first-order valence-electron chi connectivity index (χ1n) is 13.8. The van der Waals surface area contributed by atoms with Crippen molar-refractivity contribution in [3.05, 3.63) is 0 Å². The summed E-state index contributed by atoms with van der Waals surface area (Å²) >= 11 is 0. The van der Waals surface area contributed by atoms with E-state index in [1.165, 1.54) is 6.42 Å². The number of carbonyl (C=O) groups excluding carboxylic acids is 4. The fourth-order valence-corrected chi connectivity index (χ4v) is 5.58. The Balaban J connectivity index is 0.000000173. The lowest BCUT2D eigenvalue weighted by molar-refractivity contribution is -0.169. The van der Waals surface area contributed by atoms with E-state index in [0.29, 0.717) is 25.7 Å². The van der Waals surface area contributed by atoms with Gasteiger partial charge in [0, 0.05) is 6.42 Å². The number of hydrogen-bond donors (Lipinski definition) is 0. The van der Waals surface area contributed by atoms with Crippen LogP contribution in [0.2, 0.25) is 0 Å². The Hall–Kier alpha value is -2.16. The number of carbonyl (C=O) groups is 4. The summed E-state index contributed by atoms with van der Waals surface area (Å²) in [6, 6.07) is 0. The molecule has 0 aromatic heterocycles. The van der Waals surface area contributed by atoms with Gasteiger partial charge in [-0.05, 0) is 72.6 Å². The van der Waals surface area contributed by atoms with Crippen LogP contribution in [0, 0.1) is 16.7 Å².